The van der Waals surface area contributed by atoms with Crippen molar-refractivity contribution in [2.24, 2.45) is 0 Å². The van der Waals surface area contributed by atoms with Crippen LogP contribution in [0.15, 0.2) is 32.5 Å². The fourth-order valence-electron chi connectivity index (χ4n) is 3.58. The van der Waals surface area contributed by atoms with Gasteiger partial charge < -0.3 is 9.73 Å². The Kier molecular flexibility index (Phi) is 7.94. The van der Waals surface area contributed by atoms with Gasteiger partial charge in [-0.15, -0.1) is 0 Å². The first-order valence-corrected chi connectivity index (χ1v) is 11.8. The Balaban J connectivity index is 2.06. The number of unbranched alkanes of at least 4 members (excludes halogenated alkanes) is 2. The quantitative estimate of drug-likeness (QED) is 0.324. The minimum absolute atomic E-state index is 0.0695. The van der Waals surface area contributed by atoms with Crippen LogP contribution in [0.4, 0.5) is 5.82 Å². The van der Waals surface area contributed by atoms with Crippen LogP contribution in [0, 0.1) is 18.3 Å². The van der Waals surface area contributed by atoms with Gasteiger partial charge in [0.25, 0.3) is 11.5 Å². The summed E-state index contributed by atoms with van der Waals surface area (Å²) in [5.74, 6) is 1.11. The summed E-state index contributed by atoms with van der Waals surface area (Å²) in [7, 11) is 0. The highest BCUT2D eigenvalue weighted by molar-refractivity contribution is 8.26. The van der Waals surface area contributed by atoms with Gasteiger partial charge in [0.05, 0.1) is 17.7 Å². The Morgan fingerprint density at radius 2 is 2.09 bits per heavy atom. The topological polar surface area (TPSA) is 91.3 Å². The highest BCUT2D eigenvalue weighted by atomic mass is 32.2. The molecule has 0 saturated carbocycles. The minimum atomic E-state index is -0.362. The van der Waals surface area contributed by atoms with Crippen LogP contribution in [-0.4, -0.2) is 26.2 Å². The first kappa shape index (κ1) is 23.8. The van der Waals surface area contributed by atoms with Crippen LogP contribution in [0.5, 0.6) is 0 Å². The monoisotopic (exact) mass is 470 g/mol. The van der Waals surface area contributed by atoms with E-state index >= 15 is 0 Å². The number of carbonyl (C=O) groups is 1. The van der Waals surface area contributed by atoms with Gasteiger partial charge in [-0.05, 0) is 44.0 Å². The maximum absolute atomic E-state index is 13.0. The zero-order valence-corrected chi connectivity index (χ0v) is 20.1. The summed E-state index contributed by atoms with van der Waals surface area (Å²) in [6, 6.07) is 5.65. The van der Waals surface area contributed by atoms with Gasteiger partial charge in [-0.2, -0.15) is 5.26 Å². The number of thiocarbonyl (C=S) groups is 1. The molecule has 0 aromatic carbocycles. The number of nitriles is 1. The fraction of sp³-hybridized carbons (Fsp3) is 0.391. The molecular formula is C23H26N4O3S2. The number of hydrogen-bond donors (Lipinski definition) is 1. The Bertz CT molecular complexity index is 1140. The highest BCUT2D eigenvalue weighted by Gasteiger charge is 2.32. The summed E-state index contributed by atoms with van der Waals surface area (Å²) in [6.07, 6.45) is 6.31. The van der Waals surface area contributed by atoms with Crippen LogP contribution in [0.25, 0.3) is 6.08 Å². The number of thioether (sulfide) groups is 1. The van der Waals surface area contributed by atoms with Crippen molar-refractivity contribution in [3.63, 3.8) is 0 Å². The number of nitrogens with one attached hydrogen (secondary N) is 1. The molecule has 0 radical (unpaired) electrons. The Morgan fingerprint density at radius 1 is 1.31 bits per heavy atom. The third-order valence-electron chi connectivity index (χ3n) is 5.34. The third-order valence-corrected chi connectivity index (χ3v) is 6.71. The van der Waals surface area contributed by atoms with E-state index in [0.717, 1.165) is 19.3 Å². The number of rotatable bonds is 9. The van der Waals surface area contributed by atoms with Crippen molar-refractivity contribution < 1.29 is 9.21 Å². The molecule has 0 atom stereocenters. The summed E-state index contributed by atoms with van der Waals surface area (Å²) in [5.41, 5.74) is 0.864. The standard InChI is InChI=1S/C23H26N4O3S2/c1-4-6-7-10-27-22(29)19(32-23(27)31)12-17-15(3)18(13-24)21(28)26(5-2)20(17)25-14-16-9-8-11-30-16/h8-9,11-12,25H,4-7,10,14H2,1-3H3/b19-12-. The van der Waals surface area contributed by atoms with Crippen LogP contribution in [0.3, 0.4) is 0 Å². The maximum Gasteiger partial charge on any atom is 0.270 e. The molecule has 1 aliphatic heterocycles. The van der Waals surface area contributed by atoms with E-state index in [0.29, 0.717) is 51.6 Å². The second kappa shape index (κ2) is 10.7. The Labute approximate surface area is 197 Å². The molecule has 32 heavy (non-hydrogen) atoms. The second-order valence-electron chi connectivity index (χ2n) is 7.40. The van der Waals surface area contributed by atoms with Crippen molar-refractivity contribution in [1.82, 2.24) is 9.47 Å². The van der Waals surface area contributed by atoms with E-state index in [-0.39, 0.29) is 17.0 Å². The molecule has 0 bridgehead atoms. The maximum atomic E-state index is 13.0. The number of furan rings is 1. The molecular weight excluding hydrogens is 444 g/mol. The lowest BCUT2D eigenvalue weighted by Gasteiger charge is -2.19. The van der Waals surface area contributed by atoms with Crippen LogP contribution >= 0.6 is 24.0 Å². The van der Waals surface area contributed by atoms with Crippen molar-refractivity contribution in [3.8, 4) is 6.07 Å². The number of hydrogen-bond acceptors (Lipinski definition) is 7. The third kappa shape index (κ3) is 4.81. The van der Waals surface area contributed by atoms with Gasteiger partial charge in [0.2, 0.25) is 0 Å². The molecule has 168 valence electrons. The van der Waals surface area contributed by atoms with Crippen molar-refractivity contribution in [2.75, 3.05) is 11.9 Å². The molecule has 1 N–H and O–H groups in total. The molecule has 1 amide bonds. The average molecular weight is 471 g/mol. The Hall–Kier alpha value is -2.83. The van der Waals surface area contributed by atoms with Crippen LogP contribution in [0.1, 0.15) is 55.6 Å². The van der Waals surface area contributed by atoms with E-state index < -0.39 is 0 Å². The smallest absolute Gasteiger partial charge is 0.270 e. The van der Waals surface area contributed by atoms with Crippen molar-refractivity contribution in [3.05, 3.63) is 56.1 Å². The molecule has 0 unspecified atom stereocenters. The van der Waals surface area contributed by atoms with Gasteiger partial charge >= 0.3 is 0 Å². The number of nitrogens with zero attached hydrogens (tertiary/aromatic N) is 3. The lowest BCUT2D eigenvalue weighted by atomic mass is 10.0. The van der Waals surface area contributed by atoms with Gasteiger partial charge in [-0.1, -0.05) is 43.7 Å². The molecule has 1 saturated heterocycles. The number of aromatic nitrogens is 1. The van der Waals surface area contributed by atoms with Gasteiger partial charge in [0.1, 0.15) is 27.5 Å². The summed E-state index contributed by atoms with van der Waals surface area (Å²) in [5, 5.41) is 12.9. The molecule has 3 rings (SSSR count). The predicted molar refractivity (Wildman–Crippen MR) is 131 cm³/mol. The van der Waals surface area contributed by atoms with E-state index in [1.54, 1.807) is 30.2 Å². The van der Waals surface area contributed by atoms with E-state index in [2.05, 4.69) is 12.2 Å². The highest BCUT2D eigenvalue weighted by Crippen LogP contribution is 2.35. The minimum Gasteiger partial charge on any atom is -0.467 e. The zero-order valence-electron chi connectivity index (χ0n) is 18.4. The van der Waals surface area contributed by atoms with E-state index in [4.69, 9.17) is 16.6 Å². The largest absolute Gasteiger partial charge is 0.467 e. The summed E-state index contributed by atoms with van der Waals surface area (Å²) < 4.78 is 7.45. The van der Waals surface area contributed by atoms with E-state index in [9.17, 15) is 14.9 Å². The molecule has 7 nitrogen and oxygen atoms in total. The lowest BCUT2D eigenvalue weighted by molar-refractivity contribution is -0.122. The second-order valence-corrected chi connectivity index (χ2v) is 9.07. The lowest BCUT2D eigenvalue weighted by Crippen LogP contribution is -2.29. The summed E-state index contributed by atoms with van der Waals surface area (Å²) >= 11 is 6.69. The number of carbonyl (C=O) groups excluding carboxylic acids is 1. The van der Waals surface area contributed by atoms with Gasteiger partial charge in [-0.25, -0.2) is 0 Å². The fourth-order valence-corrected chi connectivity index (χ4v) is 4.87. The molecule has 1 fully saturated rings. The SMILES string of the molecule is CCCCCN1C(=O)/C(=C/c2c(C)c(C#N)c(=O)n(CC)c2NCc2ccco2)SC1=S. The number of amides is 1. The molecule has 9 heteroatoms. The summed E-state index contributed by atoms with van der Waals surface area (Å²) in [4.78, 5) is 28.1. The van der Waals surface area contributed by atoms with Crippen LogP contribution < -0.4 is 10.9 Å². The first-order chi connectivity index (χ1) is 15.4. The van der Waals surface area contributed by atoms with Crippen molar-refractivity contribution >= 4 is 46.1 Å². The van der Waals surface area contributed by atoms with Crippen LogP contribution in [-0.2, 0) is 17.9 Å². The molecule has 0 spiro atoms. The first-order valence-electron chi connectivity index (χ1n) is 10.6. The normalized spacial score (nSPS) is 14.9. The van der Waals surface area contributed by atoms with E-state index in [1.807, 2.05) is 19.1 Å². The molecule has 0 aliphatic carbocycles. The van der Waals surface area contributed by atoms with Gasteiger partial charge in [0.15, 0.2) is 0 Å². The number of pyridine rings is 1. The molecule has 1 aliphatic rings. The van der Waals surface area contributed by atoms with Gasteiger partial charge in [0, 0.05) is 18.7 Å². The predicted octanol–water partition coefficient (Wildman–Crippen LogP) is 4.64. The van der Waals surface area contributed by atoms with Crippen LogP contribution in [0.2, 0.25) is 0 Å². The van der Waals surface area contributed by atoms with Crippen molar-refractivity contribution in [1.29, 1.82) is 5.26 Å². The average Bonchev–Trinajstić information content (AvgIpc) is 3.38. The Morgan fingerprint density at radius 3 is 2.72 bits per heavy atom. The molecule has 2 aromatic heterocycles. The number of anilines is 1. The van der Waals surface area contributed by atoms with Crippen molar-refractivity contribution in [2.45, 2.75) is 53.1 Å². The summed E-state index contributed by atoms with van der Waals surface area (Å²) in [6.45, 7) is 7.00. The zero-order chi connectivity index (χ0) is 23.3. The molecule has 2 aromatic rings. The van der Waals surface area contributed by atoms with E-state index in [1.165, 1.54) is 16.3 Å². The van der Waals surface area contributed by atoms with Gasteiger partial charge in [-0.3, -0.25) is 19.1 Å². The molecule has 3 heterocycles.